The van der Waals surface area contributed by atoms with Crippen LogP contribution in [0.4, 0.5) is 0 Å². The van der Waals surface area contributed by atoms with E-state index in [0.717, 1.165) is 9.75 Å². The number of aliphatic hydroxyl groups excluding tert-OH is 1. The largest absolute Gasteiger partial charge is 0.465 e. The molecule has 0 saturated carbocycles. The fourth-order valence-electron chi connectivity index (χ4n) is 1.38. The average molecular weight is 242 g/mol. The van der Waals surface area contributed by atoms with Gasteiger partial charge in [-0.2, -0.15) is 0 Å². The maximum absolute atomic E-state index is 11.7. The molecule has 0 amide bonds. The Hall–Kier alpha value is -0.870. The summed E-state index contributed by atoms with van der Waals surface area (Å²) in [6.45, 7) is 7.46. The molecule has 1 N–H and O–H groups in total. The molecule has 90 valence electrons. The molecular weight excluding hydrogens is 224 g/mol. The molecule has 0 spiro atoms. The topological polar surface area (TPSA) is 46.5 Å². The van der Waals surface area contributed by atoms with Crippen LogP contribution < -0.4 is 0 Å². The number of rotatable bonds is 4. The van der Waals surface area contributed by atoms with Crippen LogP contribution in [0.2, 0.25) is 0 Å². The van der Waals surface area contributed by atoms with Gasteiger partial charge in [-0.1, -0.05) is 0 Å². The predicted octanol–water partition coefficient (Wildman–Crippen LogP) is 2.68. The van der Waals surface area contributed by atoms with Gasteiger partial charge in [-0.05, 0) is 39.8 Å². The molecule has 16 heavy (non-hydrogen) atoms. The minimum absolute atomic E-state index is 0.332. The van der Waals surface area contributed by atoms with Crippen molar-refractivity contribution < 1.29 is 14.6 Å². The molecule has 1 aromatic rings. The van der Waals surface area contributed by atoms with E-state index in [1.54, 1.807) is 20.8 Å². The molecule has 4 heteroatoms. The zero-order chi connectivity index (χ0) is 12.3. The zero-order valence-electron chi connectivity index (χ0n) is 10.1. The highest BCUT2D eigenvalue weighted by molar-refractivity contribution is 7.12. The Morgan fingerprint density at radius 1 is 1.56 bits per heavy atom. The quantitative estimate of drug-likeness (QED) is 0.826. The number of thiophene rings is 1. The molecule has 1 unspecified atom stereocenters. The van der Waals surface area contributed by atoms with Crippen molar-refractivity contribution in [3.05, 3.63) is 21.9 Å². The molecular formula is C12H18O3S. The van der Waals surface area contributed by atoms with Crippen LogP contribution >= 0.6 is 11.3 Å². The van der Waals surface area contributed by atoms with Crippen LogP contribution in [0.3, 0.4) is 0 Å². The lowest BCUT2D eigenvalue weighted by atomic mass is 9.86. The summed E-state index contributed by atoms with van der Waals surface area (Å²) in [5.74, 6) is -0.367. The summed E-state index contributed by atoms with van der Waals surface area (Å²) in [6, 6.07) is 3.79. The van der Waals surface area contributed by atoms with Gasteiger partial charge in [0.25, 0.3) is 0 Å². The van der Waals surface area contributed by atoms with Crippen LogP contribution in [0.1, 0.15) is 36.6 Å². The van der Waals surface area contributed by atoms with E-state index in [1.165, 1.54) is 11.3 Å². The number of aryl methyl sites for hydroxylation is 1. The van der Waals surface area contributed by atoms with Gasteiger partial charge in [0.05, 0.1) is 12.0 Å². The van der Waals surface area contributed by atoms with Gasteiger partial charge in [-0.25, -0.2) is 0 Å². The van der Waals surface area contributed by atoms with Gasteiger partial charge in [0.15, 0.2) is 0 Å². The number of carbonyl (C=O) groups excluding carboxylic acids is 1. The number of hydrogen-bond donors (Lipinski definition) is 1. The summed E-state index contributed by atoms with van der Waals surface area (Å²) in [5, 5.41) is 10.2. The van der Waals surface area contributed by atoms with Crippen molar-refractivity contribution in [1.82, 2.24) is 0 Å². The third-order valence-electron chi connectivity index (χ3n) is 2.52. The normalized spacial score (nSPS) is 13.6. The summed E-state index contributed by atoms with van der Waals surface area (Å²) in [5.41, 5.74) is -0.909. The Morgan fingerprint density at radius 3 is 2.62 bits per heavy atom. The van der Waals surface area contributed by atoms with Crippen LogP contribution in [-0.4, -0.2) is 17.7 Å². The molecule has 1 aromatic heterocycles. The Bertz CT molecular complexity index is 368. The van der Waals surface area contributed by atoms with Gasteiger partial charge >= 0.3 is 5.97 Å². The van der Waals surface area contributed by atoms with Gasteiger partial charge < -0.3 is 9.84 Å². The first-order chi connectivity index (χ1) is 7.39. The Kier molecular flexibility index (Phi) is 4.10. The fraction of sp³-hybridized carbons (Fsp3) is 0.583. The van der Waals surface area contributed by atoms with Gasteiger partial charge in [-0.15, -0.1) is 11.3 Å². The van der Waals surface area contributed by atoms with E-state index in [9.17, 15) is 9.90 Å². The maximum atomic E-state index is 11.7. The summed E-state index contributed by atoms with van der Waals surface area (Å²) in [4.78, 5) is 13.6. The van der Waals surface area contributed by atoms with E-state index in [1.807, 2.05) is 19.1 Å². The maximum Gasteiger partial charge on any atom is 0.314 e. The summed E-state index contributed by atoms with van der Waals surface area (Å²) in [6.07, 6.45) is -0.815. The molecule has 3 nitrogen and oxygen atoms in total. The van der Waals surface area contributed by atoms with E-state index in [0.29, 0.717) is 6.61 Å². The lowest BCUT2D eigenvalue weighted by molar-refractivity contribution is -0.160. The highest BCUT2D eigenvalue weighted by Crippen LogP contribution is 2.37. The third-order valence-corrected chi connectivity index (χ3v) is 3.57. The second kappa shape index (κ2) is 4.97. The number of ether oxygens (including phenoxy) is 1. The minimum atomic E-state index is -0.909. The van der Waals surface area contributed by atoms with Gasteiger partial charge in [0.1, 0.15) is 6.10 Å². The molecule has 0 aliphatic heterocycles. The number of aliphatic hydroxyl groups is 1. The molecule has 0 fully saturated rings. The molecule has 0 aliphatic rings. The van der Waals surface area contributed by atoms with E-state index in [-0.39, 0.29) is 5.97 Å². The predicted molar refractivity (Wildman–Crippen MR) is 64.4 cm³/mol. The van der Waals surface area contributed by atoms with Crippen LogP contribution in [-0.2, 0) is 9.53 Å². The molecule has 1 rings (SSSR count). The average Bonchev–Trinajstić information content (AvgIpc) is 2.64. The van der Waals surface area contributed by atoms with E-state index < -0.39 is 11.5 Å². The first-order valence-corrected chi connectivity index (χ1v) is 6.13. The summed E-state index contributed by atoms with van der Waals surface area (Å²) < 4.78 is 4.96. The molecule has 0 aliphatic carbocycles. The summed E-state index contributed by atoms with van der Waals surface area (Å²) >= 11 is 1.50. The second-order valence-electron chi connectivity index (χ2n) is 4.29. The standard InChI is InChI=1S/C12H18O3S/c1-5-15-11(14)12(3,4)10(13)9-7-6-8(2)16-9/h6-7,10,13H,5H2,1-4H3. The van der Waals surface area contributed by atoms with Crippen molar-refractivity contribution in [2.75, 3.05) is 6.61 Å². The van der Waals surface area contributed by atoms with Crippen LogP contribution in [0, 0.1) is 12.3 Å². The van der Waals surface area contributed by atoms with Gasteiger partial charge in [-0.3, -0.25) is 4.79 Å². The van der Waals surface area contributed by atoms with Gasteiger partial charge in [0, 0.05) is 9.75 Å². The molecule has 0 bridgehead atoms. The Labute approximate surface area is 100 Å². The van der Waals surface area contributed by atoms with E-state index >= 15 is 0 Å². The second-order valence-corrected chi connectivity index (χ2v) is 5.61. The monoisotopic (exact) mass is 242 g/mol. The minimum Gasteiger partial charge on any atom is -0.465 e. The smallest absolute Gasteiger partial charge is 0.314 e. The van der Waals surface area contributed by atoms with Crippen LogP contribution in [0.15, 0.2) is 12.1 Å². The molecule has 0 aromatic carbocycles. The van der Waals surface area contributed by atoms with Crippen LogP contribution in [0.25, 0.3) is 0 Å². The highest BCUT2D eigenvalue weighted by Gasteiger charge is 2.38. The van der Waals surface area contributed by atoms with Crippen molar-refractivity contribution in [2.45, 2.75) is 33.8 Å². The molecule has 1 atom stereocenters. The fourth-order valence-corrected chi connectivity index (χ4v) is 2.43. The van der Waals surface area contributed by atoms with E-state index in [2.05, 4.69) is 0 Å². The van der Waals surface area contributed by atoms with Crippen molar-refractivity contribution >= 4 is 17.3 Å². The van der Waals surface area contributed by atoms with Gasteiger partial charge in [0.2, 0.25) is 0 Å². The lowest BCUT2D eigenvalue weighted by Gasteiger charge is -2.27. The number of carbonyl (C=O) groups is 1. The Morgan fingerprint density at radius 2 is 2.19 bits per heavy atom. The molecule has 0 radical (unpaired) electrons. The van der Waals surface area contributed by atoms with Crippen LogP contribution in [0.5, 0.6) is 0 Å². The first-order valence-electron chi connectivity index (χ1n) is 5.31. The summed E-state index contributed by atoms with van der Waals surface area (Å²) in [7, 11) is 0. The highest BCUT2D eigenvalue weighted by atomic mass is 32.1. The van der Waals surface area contributed by atoms with Crippen molar-refractivity contribution in [2.24, 2.45) is 5.41 Å². The number of esters is 1. The third kappa shape index (κ3) is 2.62. The lowest BCUT2D eigenvalue weighted by Crippen LogP contribution is -2.32. The molecule has 1 heterocycles. The van der Waals surface area contributed by atoms with Crippen molar-refractivity contribution in [1.29, 1.82) is 0 Å². The zero-order valence-corrected chi connectivity index (χ0v) is 10.9. The van der Waals surface area contributed by atoms with E-state index in [4.69, 9.17) is 4.74 Å². The first kappa shape index (κ1) is 13.2. The molecule has 0 saturated heterocycles. The SMILES string of the molecule is CCOC(=O)C(C)(C)C(O)c1ccc(C)s1. The Balaban J connectivity index is 2.87. The number of hydrogen-bond acceptors (Lipinski definition) is 4. The van der Waals surface area contributed by atoms with Crippen molar-refractivity contribution in [3.63, 3.8) is 0 Å². The van der Waals surface area contributed by atoms with Crippen molar-refractivity contribution in [3.8, 4) is 0 Å².